The molecular weight excluding hydrogens is 276 g/mol. The number of nitrogens with zero attached hydrogens (tertiary/aromatic N) is 1. The van der Waals surface area contributed by atoms with Crippen molar-refractivity contribution in [3.05, 3.63) is 58.6 Å². The molecule has 0 aliphatic carbocycles. The highest BCUT2D eigenvalue weighted by Crippen LogP contribution is 2.21. The Morgan fingerprint density at radius 2 is 1.90 bits per heavy atom. The number of halogens is 1. The van der Waals surface area contributed by atoms with Crippen molar-refractivity contribution >= 4 is 23.2 Å². The van der Waals surface area contributed by atoms with Gasteiger partial charge in [0.05, 0.1) is 10.6 Å². The number of phenolic OH excluding ortho intramolecular Hbond substituents is 1. The fourth-order valence-corrected chi connectivity index (χ4v) is 2.06. The van der Waals surface area contributed by atoms with Gasteiger partial charge in [-0.25, -0.2) is 0 Å². The maximum atomic E-state index is 12.3. The molecule has 2 aromatic carbocycles. The molecule has 0 bridgehead atoms. The fourth-order valence-electron chi connectivity index (χ4n) is 1.86. The molecule has 0 heterocycles. The van der Waals surface area contributed by atoms with Gasteiger partial charge in [-0.2, -0.15) is 0 Å². The van der Waals surface area contributed by atoms with Crippen molar-refractivity contribution in [1.82, 2.24) is 4.90 Å². The fraction of sp³-hybridized carbons (Fsp3) is 0.133. The summed E-state index contributed by atoms with van der Waals surface area (Å²) in [6.45, 7) is 0.421. The number of carbonyl (C=O) groups is 1. The van der Waals surface area contributed by atoms with Crippen LogP contribution in [0.1, 0.15) is 15.9 Å². The average molecular weight is 291 g/mol. The summed E-state index contributed by atoms with van der Waals surface area (Å²) in [4.78, 5) is 13.9. The molecule has 20 heavy (non-hydrogen) atoms. The first kappa shape index (κ1) is 14.2. The minimum Gasteiger partial charge on any atom is -0.508 e. The molecule has 0 unspecified atom stereocenters. The van der Waals surface area contributed by atoms with Gasteiger partial charge in [0.25, 0.3) is 5.91 Å². The monoisotopic (exact) mass is 290 g/mol. The van der Waals surface area contributed by atoms with E-state index in [0.29, 0.717) is 22.8 Å². The van der Waals surface area contributed by atoms with Gasteiger partial charge in [0.1, 0.15) is 5.75 Å². The van der Waals surface area contributed by atoms with E-state index >= 15 is 0 Å². The van der Waals surface area contributed by atoms with Crippen molar-refractivity contribution in [3.8, 4) is 5.75 Å². The predicted octanol–water partition coefficient (Wildman–Crippen LogP) is 2.90. The van der Waals surface area contributed by atoms with Gasteiger partial charge < -0.3 is 15.7 Å². The summed E-state index contributed by atoms with van der Waals surface area (Å²) < 4.78 is 0. The molecule has 0 radical (unpaired) electrons. The Balaban J connectivity index is 2.16. The van der Waals surface area contributed by atoms with E-state index in [1.165, 1.54) is 0 Å². The first-order valence-electron chi connectivity index (χ1n) is 6.06. The molecular formula is C15H15ClN2O2. The summed E-state index contributed by atoms with van der Waals surface area (Å²) in [5.41, 5.74) is 7.47. The van der Waals surface area contributed by atoms with Gasteiger partial charge in [0, 0.05) is 19.3 Å². The SMILES string of the molecule is CN(Cc1ccc(O)cc1)C(=O)c1cc(N)ccc1Cl. The van der Waals surface area contributed by atoms with E-state index in [2.05, 4.69) is 0 Å². The molecule has 0 aliphatic rings. The van der Waals surface area contributed by atoms with Crippen LogP contribution in [0.25, 0.3) is 0 Å². The Bertz CT molecular complexity index is 626. The van der Waals surface area contributed by atoms with Gasteiger partial charge in [-0.05, 0) is 35.9 Å². The Labute approximate surface area is 122 Å². The van der Waals surface area contributed by atoms with E-state index in [4.69, 9.17) is 17.3 Å². The molecule has 4 nitrogen and oxygen atoms in total. The zero-order valence-corrected chi connectivity index (χ0v) is 11.8. The van der Waals surface area contributed by atoms with Gasteiger partial charge in [-0.3, -0.25) is 4.79 Å². The van der Waals surface area contributed by atoms with E-state index in [-0.39, 0.29) is 11.7 Å². The van der Waals surface area contributed by atoms with Crippen molar-refractivity contribution in [2.24, 2.45) is 0 Å². The van der Waals surface area contributed by atoms with Crippen LogP contribution >= 0.6 is 11.6 Å². The Morgan fingerprint density at radius 3 is 2.55 bits per heavy atom. The van der Waals surface area contributed by atoms with E-state index in [0.717, 1.165) is 5.56 Å². The summed E-state index contributed by atoms with van der Waals surface area (Å²) >= 11 is 6.02. The first-order valence-corrected chi connectivity index (χ1v) is 6.43. The molecule has 2 aromatic rings. The standard InChI is InChI=1S/C15H15ClN2O2/c1-18(9-10-2-5-12(19)6-3-10)15(20)13-8-11(17)4-7-14(13)16/h2-8,19H,9,17H2,1H3. The molecule has 3 N–H and O–H groups in total. The molecule has 1 amide bonds. The highest BCUT2D eigenvalue weighted by Gasteiger charge is 2.15. The second-order valence-electron chi connectivity index (χ2n) is 4.57. The molecule has 5 heteroatoms. The average Bonchev–Trinajstić information content (AvgIpc) is 2.43. The summed E-state index contributed by atoms with van der Waals surface area (Å²) in [6, 6.07) is 11.5. The maximum Gasteiger partial charge on any atom is 0.255 e. The number of phenols is 1. The number of benzene rings is 2. The number of hydrogen-bond donors (Lipinski definition) is 2. The van der Waals surface area contributed by atoms with E-state index < -0.39 is 0 Å². The zero-order chi connectivity index (χ0) is 14.7. The maximum absolute atomic E-state index is 12.3. The summed E-state index contributed by atoms with van der Waals surface area (Å²) in [6.07, 6.45) is 0. The highest BCUT2D eigenvalue weighted by molar-refractivity contribution is 6.33. The number of amides is 1. The van der Waals surface area contributed by atoms with Crippen LogP contribution in [0.5, 0.6) is 5.75 Å². The van der Waals surface area contributed by atoms with Crippen LogP contribution < -0.4 is 5.73 Å². The number of anilines is 1. The third-order valence-electron chi connectivity index (χ3n) is 2.92. The number of nitrogen functional groups attached to an aromatic ring is 1. The van der Waals surface area contributed by atoms with E-state index in [1.807, 2.05) is 0 Å². The van der Waals surface area contributed by atoms with Crippen LogP contribution in [0.15, 0.2) is 42.5 Å². The van der Waals surface area contributed by atoms with Crippen molar-refractivity contribution in [2.75, 3.05) is 12.8 Å². The third-order valence-corrected chi connectivity index (χ3v) is 3.25. The number of nitrogens with two attached hydrogens (primary N) is 1. The quantitative estimate of drug-likeness (QED) is 0.854. The first-order chi connectivity index (χ1) is 9.47. The van der Waals surface area contributed by atoms with Crippen LogP contribution in [-0.4, -0.2) is 23.0 Å². The lowest BCUT2D eigenvalue weighted by atomic mass is 10.1. The predicted molar refractivity (Wildman–Crippen MR) is 79.8 cm³/mol. The van der Waals surface area contributed by atoms with Crippen LogP contribution in [0.3, 0.4) is 0 Å². The van der Waals surface area contributed by atoms with Crippen LogP contribution in [-0.2, 0) is 6.54 Å². The molecule has 2 rings (SSSR count). The zero-order valence-electron chi connectivity index (χ0n) is 11.0. The minimum atomic E-state index is -0.199. The van der Waals surface area contributed by atoms with Gasteiger partial charge in [-0.1, -0.05) is 23.7 Å². The summed E-state index contributed by atoms with van der Waals surface area (Å²) in [5, 5.41) is 9.61. The lowest BCUT2D eigenvalue weighted by Gasteiger charge is -2.18. The molecule has 0 aliphatic heterocycles. The smallest absolute Gasteiger partial charge is 0.255 e. The Kier molecular flexibility index (Phi) is 4.15. The lowest BCUT2D eigenvalue weighted by molar-refractivity contribution is 0.0785. The van der Waals surface area contributed by atoms with Gasteiger partial charge in [-0.15, -0.1) is 0 Å². The van der Waals surface area contributed by atoms with E-state index in [9.17, 15) is 9.90 Å². The minimum absolute atomic E-state index is 0.196. The number of hydrogen-bond acceptors (Lipinski definition) is 3. The van der Waals surface area contributed by atoms with Crippen LogP contribution in [0.4, 0.5) is 5.69 Å². The second-order valence-corrected chi connectivity index (χ2v) is 4.97. The molecule has 0 saturated heterocycles. The van der Waals surface area contributed by atoms with Crippen molar-refractivity contribution < 1.29 is 9.90 Å². The molecule has 0 saturated carbocycles. The van der Waals surface area contributed by atoms with Gasteiger partial charge in [0.2, 0.25) is 0 Å². The number of aromatic hydroxyl groups is 1. The number of carbonyl (C=O) groups excluding carboxylic acids is 1. The van der Waals surface area contributed by atoms with Crippen molar-refractivity contribution in [1.29, 1.82) is 0 Å². The van der Waals surface area contributed by atoms with Crippen LogP contribution in [0.2, 0.25) is 5.02 Å². The lowest BCUT2D eigenvalue weighted by Crippen LogP contribution is -2.26. The highest BCUT2D eigenvalue weighted by atomic mass is 35.5. The van der Waals surface area contributed by atoms with Gasteiger partial charge >= 0.3 is 0 Å². The Hall–Kier alpha value is -2.20. The summed E-state index contributed by atoms with van der Waals surface area (Å²) in [7, 11) is 1.69. The van der Waals surface area contributed by atoms with Crippen molar-refractivity contribution in [2.45, 2.75) is 6.54 Å². The number of rotatable bonds is 3. The second kappa shape index (κ2) is 5.84. The van der Waals surface area contributed by atoms with Gasteiger partial charge in [0.15, 0.2) is 0 Å². The van der Waals surface area contributed by atoms with E-state index in [1.54, 1.807) is 54.4 Å². The van der Waals surface area contributed by atoms with Crippen molar-refractivity contribution in [3.63, 3.8) is 0 Å². The Morgan fingerprint density at radius 1 is 1.25 bits per heavy atom. The molecule has 0 atom stereocenters. The van der Waals surface area contributed by atoms with Crippen LogP contribution in [0, 0.1) is 0 Å². The largest absolute Gasteiger partial charge is 0.508 e. The molecule has 0 aromatic heterocycles. The summed E-state index contributed by atoms with van der Waals surface area (Å²) in [5.74, 6) is -0.00279. The normalized spacial score (nSPS) is 10.3. The molecule has 0 fully saturated rings. The third kappa shape index (κ3) is 3.22. The topological polar surface area (TPSA) is 66.6 Å². The molecule has 0 spiro atoms. The molecule has 104 valence electrons.